The van der Waals surface area contributed by atoms with Gasteiger partial charge in [-0.3, -0.25) is 4.68 Å². The Labute approximate surface area is 77.4 Å². The summed E-state index contributed by atoms with van der Waals surface area (Å²) in [5.74, 6) is 0. The van der Waals surface area contributed by atoms with Gasteiger partial charge in [0.25, 0.3) is 0 Å². The molecule has 1 atom stereocenters. The topological polar surface area (TPSA) is 64.1 Å². The Morgan fingerprint density at radius 2 is 2.38 bits per heavy atom. The van der Waals surface area contributed by atoms with Gasteiger partial charge in [-0.2, -0.15) is 5.10 Å². The second-order valence-corrected chi connectivity index (χ2v) is 3.54. The monoisotopic (exact) mass is 181 g/mol. The fraction of sp³-hybridized carbons (Fsp3) is 0.667. The first kappa shape index (κ1) is 8.72. The summed E-state index contributed by atoms with van der Waals surface area (Å²) in [6.45, 7) is 0.253. The molecular weight excluding hydrogens is 166 g/mol. The van der Waals surface area contributed by atoms with Crippen LogP contribution in [-0.4, -0.2) is 21.4 Å². The van der Waals surface area contributed by atoms with Gasteiger partial charge in [-0.1, -0.05) is 0 Å². The first-order chi connectivity index (χ1) is 6.24. The molecule has 1 aliphatic rings. The number of aromatic nitrogens is 2. The van der Waals surface area contributed by atoms with Gasteiger partial charge in [0, 0.05) is 19.3 Å². The van der Waals surface area contributed by atoms with Crippen molar-refractivity contribution in [1.29, 1.82) is 0 Å². The zero-order chi connectivity index (χ0) is 9.42. The average molecular weight is 181 g/mol. The van der Waals surface area contributed by atoms with Crippen LogP contribution < -0.4 is 5.73 Å². The third kappa shape index (κ3) is 1.26. The van der Waals surface area contributed by atoms with Gasteiger partial charge in [0.15, 0.2) is 0 Å². The molecule has 0 spiro atoms. The number of hydrogen-bond donors (Lipinski definition) is 2. The number of aliphatic hydroxyl groups excluding tert-OH is 1. The highest BCUT2D eigenvalue weighted by atomic mass is 16.3. The van der Waals surface area contributed by atoms with Crippen LogP contribution >= 0.6 is 0 Å². The highest BCUT2D eigenvalue weighted by Gasteiger charge is 2.24. The van der Waals surface area contributed by atoms with E-state index in [0.29, 0.717) is 0 Å². The van der Waals surface area contributed by atoms with Crippen LogP contribution in [0.3, 0.4) is 0 Å². The zero-order valence-corrected chi connectivity index (χ0v) is 7.82. The summed E-state index contributed by atoms with van der Waals surface area (Å²) in [4.78, 5) is 0. The molecule has 4 nitrogen and oxygen atoms in total. The summed E-state index contributed by atoms with van der Waals surface area (Å²) in [6.07, 6.45) is 2.70. The van der Waals surface area contributed by atoms with Crippen molar-refractivity contribution >= 4 is 0 Å². The highest BCUT2D eigenvalue weighted by molar-refractivity contribution is 5.31. The lowest BCUT2D eigenvalue weighted by molar-refractivity contribution is 0.180. The molecule has 1 heterocycles. The Bertz CT molecular complexity index is 319. The van der Waals surface area contributed by atoms with Crippen molar-refractivity contribution in [3.63, 3.8) is 0 Å². The summed E-state index contributed by atoms with van der Waals surface area (Å²) in [5, 5.41) is 13.9. The lowest BCUT2D eigenvalue weighted by Gasteiger charge is -2.04. The molecule has 0 radical (unpaired) electrons. The van der Waals surface area contributed by atoms with E-state index in [2.05, 4.69) is 5.10 Å². The third-order valence-corrected chi connectivity index (χ3v) is 2.69. The molecule has 1 aromatic heterocycles. The fourth-order valence-electron chi connectivity index (χ4n) is 2.02. The van der Waals surface area contributed by atoms with Crippen molar-refractivity contribution in [2.24, 2.45) is 12.8 Å². The molecule has 72 valence electrons. The van der Waals surface area contributed by atoms with Crippen molar-refractivity contribution in [3.05, 3.63) is 17.0 Å². The molecule has 2 rings (SSSR count). The molecule has 3 N–H and O–H groups in total. The third-order valence-electron chi connectivity index (χ3n) is 2.69. The van der Waals surface area contributed by atoms with Gasteiger partial charge in [-0.15, -0.1) is 0 Å². The summed E-state index contributed by atoms with van der Waals surface area (Å²) in [7, 11) is 1.93. The molecule has 0 aromatic carbocycles. The van der Waals surface area contributed by atoms with E-state index in [4.69, 9.17) is 5.73 Å². The Morgan fingerprint density at radius 3 is 3.08 bits per heavy atom. The maximum atomic E-state index is 9.61. The molecule has 1 aliphatic carbocycles. The van der Waals surface area contributed by atoms with Crippen molar-refractivity contribution in [3.8, 4) is 0 Å². The van der Waals surface area contributed by atoms with Gasteiger partial charge in [0.05, 0.1) is 5.69 Å². The Hall–Kier alpha value is -0.870. The normalized spacial score (nSPS) is 17.5. The largest absolute Gasteiger partial charge is 0.385 e. The number of rotatable bonds is 2. The van der Waals surface area contributed by atoms with E-state index in [9.17, 15) is 5.11 Å². The van der Waals surface area contributed by atoms with Crippen LogP contribution in [-0.2, 0) is 19.9 Å². The van der Waals surface area contributed by atoms with Crippen molar-refractivity contribution in [1.82, 2.24) is 9.78 Å². The highest BCUT2D eigenvalue weighted by Crippen LogP contribution is 2.27. The minimum Gasteiger partial charge on any atom is -0.385 e. The van der Waals surface area contributed by atoms with Crippen LogP contribution in [0, 0.1) is 0 Å². The van der Waals surface area contributed by atoms with Gasteiger partial charge >= 0.3 is 0 Å². The van der Waals surface area contributed by atoms with Gasteiger partial charge in [-0.25, -0.2) is 0 Å². The number of aliphatic hydroxyl groups is 1. The van der Waals surface area contributed by atoms with Crippen molar-refractivity contribution in [2.75, 3.05) is 6.54 Å². The number of aryl methyl sites for hydroxylation is 1. The predicted octanol–water partition coefficient (Wildman–Crippen LogP) is -0.0991. The molecule has 0 bridgehead atoms. The fourth-order valence-corrected chi connectivity index (χ4v) is 2.02. The maximum absolute atomic E-state index is 9.61. The van der Waals surface area contributed by atoms with Crippen LogP contribution in [0.2, 0.25) is 0 Å². The number of hydrogen-bond acceptors (Lipinski definition) is 3. The van der Waals surface area contributed by atoms with Gasteiger partial charge in [0.2, 0.25) is 0 Å². The van der Waals surface area contributed by atoms with E-state index in [1.165, 1.54) is 17.7 Å². The minimum atomic E-state index is -0.590. The summed E-state index contributed by atoms with van der Waals surface area (Å²) >= 11 is 0. The van der Waals surface area contributed by atoms with Gasteiger partial charge in [-0.05, 0) is 24.8 Å². The SMILES string of the molecule is Cn1nc(C(O)CN)c2c1CCC2. The standard InChI is InChI=1S/C9H15N3O/c1-12-7-4-2-3-6(7)9(11-12)8(13)5-10/h8,13H,2-5,10H2,1H3. The van der Waals surface area contributed by atoms with E-state index < -0.39 is 6.10 Å². The van der Waals surface area contributed by atoms with Crippen LogP contribution in [0.1, 0.15) is 29.5 Å². The van der Waals surface area contributed by atoms with Crippen molar-refractivity contribution < 1.29 is 5.11 Å². The first-order valence-electron chi connectivity index (χ1n) is 4.66. The molecule has 0 saturated carbocycles. The Morgan fingerprint density at radius 1 is 1.62 bits per heavy atom. The summed E-state index contributed by atoms with van der Waals surface area (Å²) in [5.41, 5.74) is 8.69. The molecule has 0 fully saturated rings. The number of nitrogens with zero attached hydrogens (tertiary/aromatic N) is 2. The Balaban J connectivity index is 2.42. The molecule has 13 heavy (non-hydrogen) atoms. The maximum Gasteiger partial charge on any atom is 0.110 e. The van der Waals surface area contributed by atoms with Crippen LogP contribution in [0.5, 0.6) is 0 Å². The Kier molecular flexibility index (Phi) is 2.09. The molecule has 0 aliphatic heterocycles. The van der Waals surface area contributed by atoms with Gasteiger partial charge < -0.3 is 10.8 Å². The smallest absolute Gasteiger partial charge is 0.110 e. The average Bonchev–Trinajstić information content (AvgIpc) is 2.68. The van der Waals surface area contributed by atoms with Gasteiger partial charge in [0.1, 0.15) is 6.10 Å². The second kappa shape index (κ2) is 3.12. The van der Waals surface area contributed by atoms with Crippen LogP contribution in [0.4, 0.5) is 0 Å². The molecule has 4 heteroatoms. The minimum absolute atomic E-state index is 0.253. The first-order valence-corrected chi connectivity index (χ1v) is 4.66. The molecule has 1 aromatic rings. The number of fused-ring (bicyclic) bond motifs is 1. The second-order valence-electron chi connectivity index (χ2n) is 3.54. The molecular formula is C9H15N3O. The number of nitrogens with two attached hydrogens (primary N) is 1. The molecule has 1 unspecified atom stereocenters. The van der Waals surface area contributed by atoms with Crippen LogP contribution in [0.15, 0.2) is 0 Å². The summed E-state index contributed by atoms with van der Waals surface area (Å²) < 4.78 is 1.87. The predicted molar refractivity (Wildman–Crippen MR) is 49.2 cm³/mol. The van der Waals surface area contributed by atoms with E-state index >= 15 is 0 Å². The summed E-state index contributed by atoms with van der Waals surface area (Å²) in [6, 6.07) is 0. The quantitative estimate of drug-likeness (QED) is 0.669. The molecule has 0 saturated heterocycles. The van der Waals surface area contributed by atoms with E-state index in [0.717, 1.165) is 18.5 Å². The van der Waals surface area contributed by atoms with E-state index in [1.54, 1.807) is 0 Å². The van der Waals surface area contributed by atoms with E-state index in [-0.39, 0.29) is 6.54 Å². The molecule has 0 amide bonds. The lowest BCUT2D eigenvalue weighted by Crippen LogP contribution is -2.13. The lowest BCUT2D eigenvalue weighted by atomic mass is 10.1. The zero-order valence-electron chi connectivity index (χ0n) is 7.82. The van der Waals surface area contributed by atoms with E-state index in [1.807, 2.05) is 11.7 Å². The van der Waals surface area contributed by atoms with Crippen LogP contribution in [0.25, 0.3) is 0 Å². The van der Waals surface area contributed by atoms with Crippen molar-refractivity contribution in [2.45, 2.75) is 25.4 Å².